The smallest absolute Gasteiger partial charge is 0.211 e. The van der Waals surface area contributed by atoms with Crippen LogP contribution in [0.1, 0.15) is 16.7 Å². The third-order valence-corrected chi connectivity index (χ3v) is 5.31. The lowest BCUT2D eigenvalue weighted by Crippen LogP contribution is -2.33. The fourth-order valence-corrected chi connectivity index (χ4v) is 3.59. The van der Waals surface area contributed by atoms with Crippen LogP contribution in [0.5, 0.6) is 11.5 Å². The maximum Gasteiger partial charge on any atom is 0.211 e. The average Bonchev–Trinajstić information content (AvgIpc) is 2.90. The Labute approximate surface area is 205 Å². The van der Waals surface area contributed by atoms with Gasteiger partial charge >= 0.3 is 0 Å². The number of nitrogens with zero attached hydrogens (tertiary/aromatic N) is 1. The third kappa shape index (κ3) is 7.82. The van der Waals surface area contributed by atoms with Gasteiger partial charge in [0.05, 0.1) is 6.61 Å². The highest BCUT2D eigenvalue weighted by Crippen LogP contribution is 2.17. The highest BCUT2D eigenvalue weighted by atomic mass is 16.5. The number of nitrogens with one attached hydrogen (secondary N) is 3. The van der Waals surface area contributed by atoms with E-state index >= 15 is 0 Å². The summed E-state index contributed by atoms with van der Waals surface area (Å²) in [6.07, 6.45) is 4.04. The van der Waals surface area contributed by atoms with E-state index in [1.54, 1.807) is 0 Å². The van der Waals surface area contributed by atoms with Crippen LogP contribution in [0.25, 0.3) is 0 Å². The van der Waals surface area contributed by atoms with E-state index in [2.05, 4.69) is 45.0 Å². The monoisotopic (exact) mass is 471 g/mol. The number of rotatable bonds is 13. The molecule has 4 aromatic rings. The Bertz CT molecular complexity index is 1190. The number of aliphatic hydroxyl groups is 1. The SMILES string of the molecule is OCc1ccccc1OCNNc1cccc(CNCOc2ccc[n+](Cc3ccccc3)c2)c1. The molecule has 0 aliphatic carbocycles. The molecule has 0 fully saturated rings. The summed E-state index contributed by atoms with van der Waals surface area (Å²) in [6.45, 7) is 2.09. The standard InChI is InChI=1S/C28H31N4O3/c33-20-25-11-4-5-14-28(25)35-22-30-31-26-12-6-10-24(16-26)17-29-21-34-27-13-7-15-32(19-27)18-23-8-2-1-3-9-23/h1-16,19,29-31,33H,17-18,20-22H2/q+1. The molecule has 35 heavy (non-hydrogen) atoms. The molecule has 0 saturated carbocycles. The molecule has 0 aliphatic rings. The number of hydrazine groups is 1. The van der Waals surface area contributed by atoms with Crippen LogP contribution in [0.3, 0.4) is 0 Å². The van der Waals surface area contributed by atoms with E-state index in [4.69, 9.17) is 9.47 Å². The minimum absolute atomic E-state index is 0.0552. The normalized spacial score (nSPS) is 10.7. The number of benzene rings is 3. The van der Waals surface area contributed by atoms with E-state index in [0.717, 1.165) is 29.1 Å². The van der Waals surface area contributed by atoms with Crippen molar-refractivity contribution in [3.05, 3.63) is 120 Å². The zero-order chi connectivity index (χ0) is 24.1. The highest BCUT2D eigenvalue weighted by molar-refractivity contribution is 5.44. The first-order valence-electron chi connectivity index (χ1n) is 11.6. The molecule has 0 unspecified atom stereocenters. The number of hydrogen-bond donors (Lipinski definition) is 4. The van der Waals surface area contributed by atoms with E-state index in [1.165, 1.54) is 5.56 Å². The molecular formula is C28H31N4O3+. The molecule has 7 heteroatoms. The van der Waals surface area contributed by atoms with Crippen LogP contribution in [-0.4, -0.2) is 18.6 Å². The molecule has 0 radical (unpaired) electrons. The zero-order valence-electron chi connectivity index (χ0n) is 19.6. The number of hydrogen-bond acceptors (Lipinski definition) is 6. The van der Waals surface area contributed by atoms with Crippen molar-refractivity contribution in [1.29, 1.82) is 0 Å². The lowest BCUT2D eigenvalue weighted by molar-refractivity contribution is -0.688. The van der Waals surface area contributed by atoms with Crippen LogP contribution in [0.4, 0.5) is 5.69 Å². The number of aromatic nitrogens is 1. The Hall–Kier alpha value is -3.91. The molecule has 0 bridgehead atoms. The van der Waals surface area contributed by atoms with Crippen molar-refractivity contribution in [3.63, 3.8) is 0 Å². The van der Waals surface area contributed by atoms with Gasteiger partial charge in [0.25, 0.3) is 0 Å². The van der Waals surface area contributed by atoms with Gasteiger partial charge in [0.2, 0.25) is 6.20 Å². The van der Waals surface area contributed by atoms with Crippen molar-refractivity contribution in [1.82, 2.24) is 10.7 Å². The van der Waals surface area contributed by atoms with Gasteiger partial charge in [0.1, 0.15) is 12.5 Å². The molecule has 180 valence electrons. The fourth-order valence-electron chi connectivity index (χ4n) is 3.59. The van der Waals surface area contributed by atoms with Crippen molar-refractivity contribution in [3.8, 4) is 11.5 Å². The highest BCUT2D eigenvalue weighted by Gasteiger charge is 2.05. The van der Waals surface area contributed by atoms with E-state index in [0.29, 0.717) is 19.0 Å². The van der Waals surface area contributed by atoms with Gasteiger partial charge in [-0.25, -0.2) is 5.43 Å². The topological polar surface area (TPSA) is 78.7 Å². The molecule has 1 heterocycles. The van der Waals surface area contributed by atoms with Gasteiger partial charge < -0.3 is 20.0 Å². The Morgan fingerprint density at radius 2 is 1.60 bits per heavy atom. The minimum atomic E-state index is -0.0552. The third-order valence-electron chi connectivity index (χ3n) is 5.31. The summed E-state index contributed by atoms with van der Waals surface area (Å²) in [5, 5.41) is 12.7. The van der Waals surface area contributed by atoms with E-state index < -0.39 is 0 Å². The molecule has 0 spiro atoms. The van der Waals surface area contributed by atoms with Crippen molar-refractivity contribution in [2.75, 3.05) is 18.9 Å². The molecule has 3 aromatic carbocycles. The largest absolute Gasteiger partial charge is 0.476 e. The lowest BCUT2D eigenvalue weighted by Gasteiger charge is -2.13. The molecule has 1 aromatic heterocycles. The molecule has 4 rings (SSSR count). The maximum absolute atomic E-state index is 9.37. The molecule has 0 saturated heterocycles. The van der Waals surface area contributed by atoms with Crippen molar-refractivity contribution < 1.29 is 19.1 Å². The van der Waals surface area contributed by atoms with E-state index in [1.807, 2.05) is 79.1 Å². The summed E-state index contributed by atoms with van der Waals surface area (Å²) in [5.74, 6) is 1.48. The van der Waals surface area contributed by atoms with E-state index in [9.17, 15) is 5.11 Å². The van der Waals surface area contributed by atoms with Crippen LogP contribution >= 0.6 is 0 Å². The summed E-state index contributed by atoms with van der Waals surface area (Å²) in [5.41, 5.74) is 10.2. The second kappa shape index (κ2) is 13.1. The Balaban J connectivity index is 1.18. The molecule has 7 nitrogen and oxygen atoms in total. The molecule has 0 amide bonds. The maximum atomic E-state index is 9.37. The van der Waals surface area contributed by atoms with Crippen molar-refractivity contribution in [2.24, 2.45) is 0 Å². The number of para-hydroxylation sites is 1. The van der Waals surface area contributed by atoms with Crippen LogP contribution < -0.4 is 30.2 Å². The van der Waals surface area contributed by atoms with Gasteiger partial charge in [-0.2, -0.15) is 4.57 Å². The zero-order valence-corrected chi connectivity index (χ0v) is 19.6. The lowest BCUT2D eigenvalue weighted by atomic mass is 10.2. The van der Waals surface area contributed by atoms with Crippen LogP contribution in [0, 0.1) is 0 Å². The second-order valence-electron chi connectivity index (χ2n) is 7.97. The molecule has 0 aliphatic heterocycles. The van der Waals surface area contributed by atoms with Gasteiger partial charge in [-0.05, 0) is 29.8 Å². The number of aliphatic hydroxyl groups excluding tert-OH is 1. The summed E-state index contributed by atoms with van der Waals surface area (Å²) in [6, 6.07) is 29.8. The summed E-state index contributed by atoms with van der Waals surface area (Å²) in [4.78, 5) is 0. The van der Waals surface area contributed by atoms with Gasteiger partial charge in [-0.1, -0.05) is 60.7 Å². The Morgan fingerprint density at radius 3 is 2.49 bits per heavy atom. The first-order valence-corrected chi connectivity index (χ1v) is 11.6. The fraction of sp³-hybridized carbons (Fsp3) is 0.179. The predicted molar refractivity (Wildman–Crippen MR) is 136 cm³/mol. The van der Waals surface area contributed by atoms with Crippen molar-refractivity contribution >= 4 is 5.69 Å². The van der Waals surface area contributed by atoms with E-state index in [-0.39, 0.29) is 13.3 Å². The first-order chi connectivity index (χ1) is 17.3. The number of ether oxygens (including phenoxy) is 2. The van der Waals surface area contributed by atoms with Gasteiger partial charge in [-0.3, -0.25) is 5.32 Å². The molecule has 0 atom stereocenters. The van der Waals surface area contributed by atoms with Crippen LogP contribution in [0.2, 0.25) is 0 Å². The van der Waals surface area contributed by atoms with Crippen LogP contribution in [0.15, 0.2) is 103 Å². The Morgan fingerprint density at radius 1 is 0.771 bits per heavy atom. The van der Waals surface area contributed by atoms with Gasteiger partial charge in [0, 0.05) is 29.4 Å². The van der Waals surface area contributed by atoms with Crippen molar-refractivity contribution in [2.45, 2.75) is 19.7 Å². The number of pyridine rings is 1. The second-order valence-corrected chi connectivity index (χ2v) is 7.97. The Kier molecular flexibility index (Phi) is 9.07. The van der Waals surface area contributed by atoms with Gasteiger partial charge in [-0.15, -0.1) is 0 Å². The molecule has 4 N–H and O–H groups in total. The summed E-state index contributed by atoms with van der Waals surface area (Å²) >= 11 is 0. The summed E-state index contributed by atoms with van der Waals surface area (Å²) in [7, 11) is 0. The summed E-state index contributed by atoms with van der Waals surface area (Å²) < 4.78 is 13.7. The number of anilines is 1. The quantitative estimate of drug-likeness (QED) is 0.103. The minimum Gasteiger partial charge on any atom is -0.476 e. The van der Waals surface area contributed by atoms with Gasteiger partial charge in [0.15, 0.2) is 25.2 Å². The van der Waals surface area contributed by atoms with Crippen LogP contribution in [-0.2, 0) is 19.7 Å². The predicted octanol–water partition coefficient (Wildman–Crippen LogP) is 3.59. The molecular weight excluding hydrogens is 440 g/mol. The average molecular weight is 472 g/mol. The first kappa shape index (κ1) is 24.2.